The zero-order valence-corrected chi connectivity index (χ0v) is 39.7. The van der Waals surface area contributed by atoms with Crippen LogP contribution in [0.4, 0.5) is 0 Å². The SMILES string of the molecule is C=C(C)C(=O)OCc1cc(-c2ccc(OC(=O)C(=C)C)cc2)ccc1OC(=O)c1cc(OCCOc2ccc3c(c2)OCO3)c(OCCOc2ccc3c(c2)OCO3)c(OCCOc2ccc3c(c2)OCO3)c1. The van der Waals surface area contributed by atoms with Gasteiger partial charge in [0.15, 0.2) is 46.0 Å². The van der Waals surface area contributed by atoms with E-state index in [1.807, 2.05) is 0 Å². The molecule has 18 nitrogen and oxygen atoms in total. The van der Waals surface area contributed by atoms with Crippen molar-refractivity contribution < 1.29 is 85.4 Å². The van der Waals surface area contributed by atoms with E-state index in [9.17, 15) is 14.4 Å². The smallest absolute Gasteiger partial charge is 0.343 e. The largest absolute Gasteiger partial charge is 0.490 e. The normalized spacial score (nSPS) is 12.3. The fourth-order valence-corrected chi connectivity index (χ4v) is 7.18. The highest BCUT2D eigenvalue weighted by Gasteiger charge is 2.24. The third-order valence-corrected chi connectivity index (χ3v) is 10.8. The first-order chi connectivity index (χ1) is 35.5. The predicted molar refractivity (Wildman–Crippen MR) is 259 cm³/mol. The zero-order chi connectivity index (χ0) is 50.7. The van der Waals surface area contributed by atoms with E-state index in [0.29, 0.717) is 68.6 Å². The Labute approximate surface area is 418 Å². The van der Waals surface area contributed by atoms with Gasteiger partial charge < -0.3 is 71.1 Å². The van der Waals surface area contributed by atoms with Crippen molar-refractivity contribution in [2.75, 3.05) is 60.0 Å². The fraction of sp³-hybridized carbons (Fsp3) is 0.218. The molecule has 3 aliphatic heterocycles. The van der Waals surface area contributed by atoms with E-state index in [-0.39, 0.29) is 106 Å². The molecule has 6 aromatic carbocycles. The van der Waals surface area contributed by atoms with Gasteiger partial charge in [-0.1, -0.05) is 31.4 Å². The van der Waals surface area contributed by atoms with E-state index in [2.05, 4.69) is 13.2 Å². The van der Waals surface area contributed by atoms with Crippen molar-refractivity contribution in [2.45, 2.75) is 20.5 Å². The van der Waals surface area contributed by atoms with E-state index in [4.69, 9.17) is 71.1 Å². The lowest BCUT2D eigenvalue weighted by atomic mass is 10.0. The maximum atomic E-state index is 14.4. The second kappa shape index (κ2) is 22.7. The molecule has 3 aliphatic rings. The van der Waals surface area contributed by atoms with Crippen LogP contribution >= 0.6 is 0 Å². The summed E-state index contributed by atoms with van der Waals surface area (Å²) in [5, 5.41) is 0. The molecule has 3 heterocycles. The summed E-state index contributed by atoms with van der Waals surface area (Å²) in [5.41, 5.74) is 2.21. The van der Waals surface area contributed by atoms with Crippen molar-refractivity contribution in [3.63, 3.8) is 0 Å². The van der Waals surface area contributed by atoms with Gasteiger partial charge in [-0.05, 0) is 97.8 Å². The van der Waals surface area contributed by atoms with E-state index in [1.54, 1.807) is 104 Å². The van der Waals surface area contributed by atoms with E-state index >= 15 is 0 Å². The summed E-state index contributed by atoms with van der Waals surface area (Å²) in [6, 6.07) is 30.4. The molecule has 0 saturated carbocycles. The van der Waals surface area contributed by atoms with Crippen LogP contribution in [0.1, 0.15) is 29.8 Å². The van der Waals surface area contributed by atoms with Gasteiger partial charge in [-0.15, -0.1) is 0 Å². The van der Waals surface area contributed by atoms with Crippen molar-refractivity contribution in [1.29, 1.82) is 0 Å². The molecule has 0 spiro atoms. The zero-order valence-electron chi connectivity index (χ0n) is 39.7. The summed E-state index contributed by atoms with van der Waals surface area (Å²) in [4.78, 5) is 39.1. The number of ether oxygens (including phenoxy) is 15. The number of esters is 3. The van der Waals surface area contributed by atoms with Crippen molar-refractivity contribution in [1.82, 2.24) is 0 Å². The second-order valence-electron chi connectivity index (χ2n) is 16.2. The van der Waals surface area contributed by atoms with Gasteiger partial charge in [0.2, 0.25) is 26.1 Å². The number of benzene rings is 6. The Morgan fingerprint density at radius 2 is 0.877 bits per heavy atom. The topological polar surface area (TPSA) is 190 Å². The van der Waals surface area contributed by atoms with Crippen LogP contribution in [0.15, 0.2) is 133 Å². The van der Waals surface area contributed by atoms with Crippen LogP contribution in [0.2, 0.25) is 0 Å². The quantitative estimate of drug-likeness (QED) is 0.0255. The molecule has 0 radical (unpaired) electrons. The standard InChI is InChI=1S/C55H48O18/c1-33(2)53(56)65-29-38-23-36(35-5-8-39(9-6-35)72-54(57)34(3)4)7-13-43(38)73-55(58)37-24-50(62-20-17-59-40-10-14-44-47(26-40)69-30-66-44)52(64-22-19-61-42-12-16-46-49(28-42)71-32-68-46)51(25-37)63-21-18-60-41-11-15-45-48(27-41)70-31-67-45/h5-16,23-28H,1,3,17-22,29-32H2,2,4H3. The summed E-state index contributed by atoms with van der Waals surface area (Å²) in [6.45, 7) is 10.7. The minimum absolute atomic E-state index is 0.00727. The Hall–Kier alpha value is -9.19. The summed E-state index contributed by atoms with van der Waals surface area (Å²) >= 11 is 0. The number of hydrogen-bond acceptors (Lipinski definition) is 18. The molecular weight excluding hydrogens is 949 g/mol. The summed E-state index contributed by atoms with van der Waals surface area (Å²) in [6.07, 6.45) is 0. The van der Waals surface area contributed by atoms with Gasteiger partial charge in [-0.25, -0.2) is 14.4 Å². The van der Waals surface area contributed by atoms with Crippen LogP contribution in [0.25, 0.3) is 11.1 Å². The number of fused-ring (bicyclic) bond motifs is 3. The first-order valence-corrected chi connectivity index (χ1v) is 22.8. The lowest BCUT2D eigenvalue weighted by Crippen LogP contribution is -2.16. The van der Waals surface area contributed by atoms with Gasteiger partial charge in [0.1, 0.15) is 75.0 Å². The minimum atomic E-state index is -0.815. The molecule has 73 heavy (non-hydrogen) atoms. The minimum Gasteiger partial charge on any atom is -0.490 e. The average Bonchev–Trinajstić information content (AvgIpc) is 4.19. The van der Waals surface area contributed by atoms with Gasteiger partial charge in [0.05, 0.1) is 5.56 Å². The first-order valence-electron chi connectivity index (χ1n) is 22.8. The molecule has 0 N–H and O–H groups in total. The third kappa shape index (κ3) is 12.4. The second-order valence-corrected chi connectivity index (χ2v) is 16.2. The lowest BCUT2D eigenvalue weighted by Gasteiger charge is -2.19. The molecule has 0 saturated heterocycles. The number of rotatable bonds is 23. The number of carbonyl (C=O) groups is 3. The fourth-order valence-electron chi connectivity index (χ4n) is 7.18. The van der Waals surface area contributed by atoms with E-state index < -0.39 is 17.9 Å². The maximum absolute atomic E-state index is 14.4. The van der Waals surface area contributed by atoms with Gasteiger partial charge in [-0.2, -0.15) is 0 Å². The van der Waals surface area contributed by atoms with Gasteiger partial charge in [0.25, 0.3) is 0 Å². The first kappa shape index (κ1) is 48.8. The summed E-state index contributed by atoms with van der Waals surface area (Å²) in [5.74, 6) is 3.84. The van der Waals surface area contributed by atoms with Crippen LogP contribution in [0, 0.1) is 0 Å². The van der Waals surface area contributed by atoms with Crippen molar-refractivity contribution >= 4 is 17.9 Å². The van der Waals surface area contributed by atoms with Crippen LogP contribution in [0.5, 0.6) is 80.5 Å². The highest BCUT2D eigenvalue weighted by Crippen LogP contribution is 2.41. The molecular formula is C55H48O18. The molecule has 0 fully saturated rings. The van der Waals surface area contributed by atoms with Crippen LogP contribution < -0.4 is 66.3 Å². The molecule has 9 rings (SSSR count). The average molecular weight is 997 g/mol. The highest BCUT2D eigenvalue weighted by atomic mass is 16.7. The van der Waals surface area contributed by atoms with Crippen LogP contribution in [-0.2, 0) is 20.9 Å². The Morgan fingerprint density at radius 3 is 1.37 bits per heavy atom. The molecule has 18 heteroatoms. The van der Waals surface area contributed by atoms with Crippen molar-refractivity contribution in [2.24, 2.45) is 0 Å². The highest BCUT2D eigenvalue weighted by molar-refractivity contribution is 5.93. The van der Waals surface area contributed by atoms with E-state index in [1.165, 1.54) is 19.1 Å². The molecule has 0 aliphatic carbocycles. The molecule has 0 aromatic heterocycles. The van der Waals surface area contributed by atoms with Gasteiger partial charge in [0, 0.05) is 34.9 Å². The lowest BCUT2D eigenvalue weighted by molar-refractivity contribution is -0.140. The summed E-state index contributed by atoms with van der Waals surface area (Å²) in [7, 11) is 0. The maximum Gasteiger partial charge on any atom is 0.343 e. The Balaban J connectivity index is 0.982. The molecule has 6 aromatic rings. The van der Waals surface area contributed by atoms with Gasteiger partial charge >= 0.3 is 17.9 Å². The Morgan fingerprint density at radius 1 is 0.438 bits per heavy atom. The molecule has 0 bridgehead atoms. The molecule has 0 atom stereocenters. The van der Waals surface area contributed by atoms with E-state index in [0.717, 1.165) is 5.56 Å². The summed E-state index contributed by atoms with van der Waals surface area (Å²) < 4.78 is 86.6. The van der Waals surface area contributed by atoms with Crippen LogP contribution in [-0.4, -0.2) is 77.9 Å². The number of hydrogen-bond donors (Lipinski definition) is 0. The molecule has 0 amide bonds. The Kier molecular flexibility index (Phi) is 15.2. The Bertz CT molecular complexity index is 2950. The van der Waals surface area contributed by atoms with Gasteiger partial charge in [-0.3, -0.25) is 0 Å². The molecule has 0 unspecified atom stereocenters. The number of carbonyl (C=O) groups excluding carboxylic acids is 3. The van der Waals surface area contributed by atoms with Crippen molar-refractivity contribution in [3.8, 4) is 91.6 Å². The predicted octanol–water partition coefficient (Wildman–Crippen LogP) is 9.23. The third-order valence-electron chi connectivity index (χ3n) is 10.8. The molecule has 376 valence electrons. The van der Waals surface area contributed by atoms with Crippen molar-refractivity contribution in [3.05, 3.63) is 145 Å². The monoisotopic (exact) mass is 996 g/mol. The van der Waals surface area contributed by atoms with Crippen LogP contribution in [0.3, 0.4) is 0 Å².